The minimum atomic E-state index is -0.333. The number of rotatable bonds is 4. The Hall–Kier alpha value is -2.17. The third-order valence-corrected chi connectivity index (χ3v) is 2.60. The van der Waals surface area contributed by atoms with Gasteiger partial charge < -0.3 is 5.32 Å². The zero-order chi connectivity index (χ0) is 13.8. The summed E-state index contributed by atoms with van der Waals surface area (Å²) < 4.78 is 14.7. The van der Waals surface area contributed by atoms with Crippen molar-refractivity contribution in [2.45, 2.75) is 26.4 Å². The zero-order valence-corrected chi connectivity index (χ0v) is 10.9. The quantitative estimate of drug-likeness (QED) is 0.918. The number of hydrogen-bond acceptors (Lipinski definition) is 3. The molecule has 1 heterocycles. The largest absolute Gasteiger partial charge is 0.381 e. The van der Waals surface area contributed by atoms with Crippen molar-refractivity contribution < 1.29 is 4.39 Å². The van der Waals surface area contributed by atoms with Gasteiger partial charge in [-0.15, -0.1) is 0 Å². The first kappa shape index (κ1) is 13.3. The van der Waals surface area contributed by atoms with Crippen LogP contribution in [0.15, 0.2) is 41.3 Å². The standard InChI is InChI=1S/C14H16FN3O/c1-10(2)17-12-7-14(19)18(16-8-12)9-11-5-3-4-6-13(11)15/h3-8,10,17H,9H2,1-2H3. The lowest BCUT2D eigenvalue weighted by Gasteiger charge is -2.10. The molecule has 0 saturated carbocycles. The monoisotopic (exact) mass is 261 g/mol. The second kappa shape index (κ2) is 5.65. The fourth-order valence-corrected chi connectivity index (χ4v) is 1.75. The third kappa shape index (κ3) is 3.40. The molecule has 5 heteroatoms. The Morgan fingerprint density at radius 3 is 2.74 bits per heavy atom. The lowest BCUT2D eigenvalue weighted by Crippen LogP contribution is -2.24. The molecular weight excluding hydrogens is 245 g/mol. The molecule has 0 saturated heterocycles. The van der Waals surface area contributed by atoms with E-state index in [4.69, 9.17) is 0 Å². The molecule has 1 aromatic carbocycles. The summed E-state index contributed by atoms with van der Waals surface area (Å²) in [6, 6.07) is 8.05. The predicted octanol–water partition coefficient (Wildman–Crippen LogP) is 2.25. The summed E-state index contributed by atoms with van der Waals surface area (Å²) in [5.41, 5.74) is 0.861. The van der Waals surface area contributed by atoms with Crippen molar-refractivity contribution in [2.75, 3.05) is 5.32 Å². The van der Waals surface area contributed by atoms with Crippen molar-refractivity contribution in [1.82, 2.24) is 9.78 Å². The van der Waals surface area contributed by atoms with Crippen LogP contribution in [0, 0.1) is 5.82 Å². The molecule has 2 rings (SSSR count). The van der Waals surface area contributed by atoms with Crippen LogP contribution in [-0.4, -0.2) is 15.8 Å². The van der Waals surface area contributed by atoms with E-state index in [0.717, 1.165) is 0 Å². The highest BCUT2D eigenvalue weighted by Gasteiger charge is 2.05. The Labute approximate surface area is 110 Å². The number of benzene rings is 1. The number of nitrogens with zero attached hydrogens (tertiary/aromatic N) is 2. The van der Waals surface area contributed by atoms with E-state index >= 15 is 0 Å². The van der Waals surface area contributed by atoms with Gasteiger partial charge in [-0.2, -0.15) is 5.10 Å². The number of anilines is 1. The normalized spacial score (nSPS) is 10.7. The molecule has 100 valence electrons. The van der Waals surface area contributed by atoms with E-state index in [1.807, 2.05) is 13.8 Å². The minimum Gasteiger partial charge on any atom is -0.381 e. The van der Waals surface area contributed by atoms with E-state index < -0.39 is 0 Å². The molecular formula is C14H16FN3O. The van der Waals surface area contributed by atoms with Crippen LogP contribution in [0.2, 0.25) is 0 Å². The van der Waals surface area contributed by atoms with E-state index in [9.17, 15) is 9.18 Å². The Balaban J connectivity index is 2.23. The van der Waals surface area contributed by atoms with Gasteiger partial charge in [-0.25, -0.2) is 9.07 Å². The van der Waals surface area contributed by atoms with Gasteiger partial charge in [0.15, 0.2) is 0 Å². The summed E-state index contributed by atoms with van der Waals surface area (Å²) in [7, 11) is 0. The van der Waals surface area contributed by atoms with Gasteiger partial charge in [0.1, 0.15) is 5.82 Å². The highest BCUT2D eigenvalue weighted by atomic mass is 19.1. The molecule has 0 aliphatic carbocycles. The van der Waals surface area contributed by atoms with Crippen molar-refractivity contribution in [3.8, 4) is 0 Å². The second-order valence-corrected chi connectivity index (χ2v) is 4.63. The van der Waals surface area contributed by atoms with Gasteiger partial charge in [-0.3, -0.25) is 4.79 Å². The van der Waals surface area contributed by atoms with Gasteiger partial charge in [-0.1, -0.05) is 18.2 Å². The van der Waals surface area contributed by atoms with Crippen molar-refractivity contribution in [1.29, 1.82) is 0 Å². The first-order valence-electron chi connectivity index (χ1n) is 6.13. The molecule has 0 aliphatic heterocycles. The maximum absolute atomic E-state index is 13.5. The van der Waals surface area contributed by atoms with Gasteiger partial charge in [0, 0.05) is 17.7 Å². The van der Waals surface area contributed by atoms with Crippen molar-refractivity contribution in [3.05, 3.63) is 58.3 Å². The molecule has 0 unspecified atom stereocenters. The summed E-state index contributed by atoms with van der Waals surface area (Å²) in [6.45, 7) is 4.09. The maximum Gasteiger partial charge on any atom is 0.269 e. The van der Waals surface area contributed by atoms with Crippen LogP contribution in [0.3, 0.4) is 0 Å². The molecule has 0 bridgehead atoms. The van der Waals surface area contributed by atoms with Gasteiger partial charge in [-0.05, 0) is 19.9 Å². The Bertz CT molecular complexity index is 622. The number of nitrogens with one attached hydrogen (secondary N) is 1. The van der Waals surface area contributed by atoms with E-state index in [1.54, 1.807) is 24.4 Å². The topological polar surface area (TPSA) is 46.9 Å². The lowest BCUT2D eigenvalue weighted by molar-refractivity contribution is 0.572. The van der Waals surface area contributed by atoms with E-state index in [2.05, 4.69) is 10.4 Å². The fraction of sp³-hybridized carbons (Fsp3) is 0.286. The fourth-order valence-electron chi connectivity index (χ4n) is 1.75. The molecule has 0 amide bonds. The first-order valence-corrected chi connectivity index (χ1v) is 6.13. The molecule has 4 nitrogen and oxygen atoms in total. The average molecular weight is 261 g/mol. The molecule has 1 aromatic heterocycles. The molecule has 1 N–H and O–H groups in total. The van der Waals surface area contributed by atoms with Crippen LogP contribution < -0.4 is 10.9 Å². The van der Waals surface area contributed by atoms with Gasteiger partial charge >= 0.3 is 0 Å². The summed E-state index contributed by atoms with van der Waals surface area (Å²) in [5.74, 6) is -0.333. The SMILES string of the molecule is CC(C)Nc1cnn(Cc2ccccc2F)c(=O)c1. The van der Waals surface area contributed by atoms with Crippen molar-refractivity contribution in [2.24, 2.45) is 0 Å². The molecule has 0 fully saturated rings. The highest BCUT2D eigenvalue weighted by molar-refractivity contribution is 5.39. The van der Waals surface area contributed by atoms with Gasteiger partial charge in [0.2, 0.25) is 0 Å². The van der Waals surface area contributed by atoms with Gasteiger partial charge in [0.05, 0.1) is 18.4 Å². The van der Waals surface area contributed by atoms with Gasteiger partial charge in [0.25, 0.3) is 5.56 Å². The van der Waals surface area contributed by atoms with Crippen molar-refractivity contribution >= 4 is 5.69 Å². The minimum absolute atomic E-state index is 0.132. The molecule has 0 spiro atoms. The maximum atomic E-state index is 13.5. The molecule has 19 heavy (non-hydrogen) atoms. The summed E-state index contributed by atoms with van der Waals surface area (Å²) >= 11 is 0. The Morgan fingerprint density at radius 2 is 2.11 bits per heavy atom. The number of halogens is 1. The van der Waals surface area contributed by atoms with Crippen LogP contribution in [-0.2, 0) is 6.54 Å². The van der Waals surface area contributed by atoms with Crippen LogP contribution in [0.1, 0.15) is 19.4 Å². The summed E-state index contributed by atoms with van der Waals surface area (Å²) in [4.78, 5) is 11.9. The van der Waals surface area contributed by atoms with Crippen molar-refractivity contribution in [3.63, 3.8) is 0 Å². The molecule has 0 radical (unpaired) electrons. The first-order chi connectivity index (χ1) is 9.06. The average Bonchev–Trinajstić information content (AvgIpc) is 2.34. The third-order valence-electron chi connectivity index (χ3n) is 2.60. The summed E-state index contributed by atoms with van der Waals surface area (Å²) in [6.07, 6.45) is 1.57. The second-order valence-electron chi connectivity index (χ2n) is 4.63. The smallest absolute Gasteiger partial charge is 0.269 e. The van der Waals surface area contributed by atoms with Crippen LogP contribution >= 0.6 is 0 Å². The molecule has 2 aromatic rings. The van der Waals surface area contributed by atoms with E-state index in [1.165, 1.54) is 16.8 Å². The summed E-state index contributed by atoms with van der Waals surface area (Å²) in [5, 5.41) is 7.14. The van der Waals surface area contributed by atoms with E-state index in [-0.39, 0.29) is 24.0 Å². The Kier molecular flexibility index (Phi) is 3.94. The van der Waals surface area contributed by atoms with E-state index in [0.29, 0.717) is 11.3 Å². The van der Waals surface area contributed by atoms with Crippen LogP contribution in [0.25, 0.3) is 0 Å². The predicted molar refractivity (Wildman–Crippen MR) is 72.8 cm³/mol. The highest BCUT2D eigenvalue weighted by Crippen LogP contribution is 2.08. The molecule has 0 atom stereocenters. The lowest BCUT2D eigenvalue weighted by atomic mass is 10.2. The number of aromatic nitrogens is 2. The van der Waals surface area contributed by atoms with Crippen LogP contribution in [0.4, 0.5) is 10.1 Å². The van der Waals surface area contributed by atoms with Crippen LogP contribution in [0.5, 0.6) is 0 Å². The Morgan fingerprint density at radius 1 is 1.37 bits per heavy atom. The zero-order valence-electron chi connectivity index (χ0n) is 10.9. The number of hydrogen-bond donors (Lipinski definition) is 1. The molecule has 0 aliphatic rings.